The first kappa shape index (κ1) is 11.6. The second kappa shape index (κ2) is 4.95. The number of nitrogens with zero attached hydrogens (tertiary/aromatic N) is 3. The van der Waals surface area contributed by atoms with Crippen molar-refractivity contribution in [3.05, 3.63) is 11.6 Å². The molecule has 0 aromatic carbocycles. The monoisotopic (exact) mass is 222 g/mol. The molecule has 0 atom stereocenters. The minimum atomic E-state index is 0.563. The average Bonchev–Trinajstić information content (AvgIpc) is 2.61. The Morgan fingerprint density at radius 1 is 1.38 bits per heavy atom. The number of hydrogen-bond donors (Lipinski definition) is 1. The highest BCUT2D eigenvalue weighted by molar-refractivity contribution is 5.01. The molecule has 1 aromatic rings. The van der Waals surface area contributed by atoms with E-state index in [1.165, 1.54) is 12.8 Å². The third-order valence-electron chi connectivity index (χ3n) is 3.16. The summed E-state index contributed by atoms with van der Waals surface area (Å²) in [5.74, 6) is 3.39. The Bertz CT molecular complexity index is 337. The molecular formula is C12H22N4. The second-order valence-corrected chi connectivity index (χ2v) is 5.13. The molecule has 0 spiro atoms. The van der Waals surface area contributed by atoms with Gasteiger partial charge in [0.2, 0.25) is 0 Å². The summed E-state index contributed by atoms with van der Waals surface area (Å²) in [6.45, 7) is 6.64. The van der Waals surface area contributed by atoms with E-state index in [2.05, 4.69) is 24.3 Å². The number of hydrogen-bond acceptors (Lipinski definition) is 3. The molecule has 4 nitrogen and oxygen atoms in total. The van der Waals surface area contributed by atoms with Crippen LogP contribution in [-0.2, 0) is 13.5 Å². The van der Waals surface area contributed by atoms with Gasteiger partial charge in [-0.2, -0.15) is 5.10 Å². The maximum atomic E-state index is 4.70. The molecule has 1 N–H and O–H groups in total. The van der Waals surface area contributed by atoms with Crippen LogP contribution >= 0.6 is 0 Å². The number of aryl methyl sites for hydroxylation is 1. The third kappa shape index (κ3) is 2.61. The quantitative estimate of drug-likeness (QED) is 0.842. The molecule has 2 heterocycles. The van der Waals surface area contributed by atoms with Gasteiger partial charge in [-0.25, -0.2) is 4.98 Å². The highest BCUT2D eigenvalue weighted by Crippen LogP contribution is 2.22. The molecular weight excluding hydrogens is 200 g/mol. The first-order valence-electron chi connectivity index (χ1n) is 6.27. The van der Waals surface area contributed by atoms with Crippen molar-refractivity contribution in [2.24, 2.45) is 13.0 Å². The summed E-state index contributed by atoms with van der Waals surface area (Å²) in [5, 5.41) is 7.94. The molecule has 0 aliphatic carbocycles. The molecule has 0 amide bonds. The van der Waals surface area contributed by atoms with E-state index < -0.39 is 0 Å². The van der Waals surface area contributed by atoms with Gasteiger partial charge in [-0.15, -0.1) is 0 Å². The topological polar surface area (TPSA) is 42.7 Å². The minimum Gasteiger partial charge on any atom is -0.317 e. The highest BCUT2D eigenvalue weighted by Gasteiger charge is 2.20. The van der Waals surface area contributed by atoms with E-state index >= 15 is 0 Å². The van der Waals surface area contributed by atoms with Crippen LogP contribution in [0, 0.1) is 5.92 Å². The predicted octanol–water partition coefficient (Wildman–Crippen LogP) is 1.48. The van der Waals surface area contributed by atoms with Gasteiger partial charge in [-0.05, 0) is 31.8 Å². The minimum absolute atomic E-state index is 0.563. The molecule has 0 radical (unpaired) electrons. The molecule has 1 aliphatic heterocycles. The van der Waals surface area contributed by atoms with Crippen molar-refractivity contribution in [1.82, 2.24) is 20.1 Å². The largest absolute Gasteiger partial charge is 0.317 e. The zero-order valence-electron chi connectivity index (χ0n) is 10.5. The predicted molar refractivity (Wildman–Crippen MR) is 64.4 cm³/mol. The van der Waals surface area contributed by atoms with Gasteiger partial charge in [0.15, 0.2) is 5.82 Å². The smallest absolute Gasteiger partial charge is 0.154 e. The van der Waals surface area contributed by atoms with Crippen LogP contribution in [-0.4, -0.2) is 27.9 Å². The lowest BCUT2D eigenvalue weighted by Gasteiger charge is -2.19. The molecule has 0 unspecified atom stereocenters. The molecule has 90 valence electrons. The number of nitrogens with one attached hydrogen (secondary N) is 1. The molecule has 4 heteroatoms. The zero-order chi connectivity index (χ0) is 11.5. The number of rotatable bonds is 3. The number of aromatic nitrogens is 3. The normalized spacial score (nSPS) is 18.2. The van der Waals surface area contributed by atoms with Gasteiger partial charge in [-0.3, -0.25) is 4.68 Å². The molecule has 1 aromatic heterocycles. The standard InChI is InChI=1S/C12H22N4/c1-9(2)8-11-14-12(15-16(11)3)10-4-6-13-7-5-10/h9-10,13H,4-8H2,1-3H3. The van der Waals surface area contributed by atoms with Crippen LogP contribution in [0.2, 0.25) is 0 Å². The second-order valence-electron chi connectivity index (χ2n) is 5.13. The first-order valence-corrected chi connectivity index (χ1v) is 6.27. The molecule has 1 saturated heterocycles. The van der Waals surface area contributed by atoms with Crippen LogP contribution in [0.1, 0.15) is 44.3 Å². The van der Waals surface area contributed by atoms with E-state index in [1.54, 1.807) is 0 Å². The molecule has 1 aliphatic rings. The van der Waals surface area contributed by atoms with E-state index in [9.17, 15) is 0 Å². The Balaban J connectivity index is 2.09. The highest BCUT2D eigenvalue weighted by atomic mass is 15.3. The van der Waals surface area contributed by atoms with Gasteiger partial charge in [0.1, 0.15) is 5.82 Å². The summed E-state index contributed by atoms with van der Waals surface area (Å²) in [5.41, 5.74) is 0. The fourth-order valence-corrected chi connectivity index (χ4v) is 2.23. The lowest BCUT2D eigenvalue weighted by molar-refractivity contribution is 0.443. The first-order chi connectivity index (χ1) is 7.66. The Labute approximate surface area is 97.5 Å². The van der Waals surface area contributed by atoms with Crippen LogP contribution < -0.4 is 5.32 Å². The van der Waals surface area contributed by atoms with Crippen molar-refractivity contribution in [3.8, 4) is 0 Å². The fraction of sp³-hybridized carbons (Fsp3) is 0.833. The summed E-state index contributed by atoms with van der Waals surface area (Å²) in [4.78, 5) is 4.70. The van der Waals surface area contributed by atoms with Crippen LogP contribution in [0.4, 0.5) is 0 Å². The van der Waals surface area contributed by atoms with Gasteiger partial charge < -0.3 is 5.32 Å². The van der Waals surface area contributed by atoms with E-state index in [4.69, 9.17) is 4.98 Å². The number of piperidine rings is 1. The van der Waals surface area contributed by atoms with E-state index in [0.717, 1.165) is 31.2 Å². The molecule has 2 rings (SSSR count). The Morgan fingerprint density at radius 3 is 2.69 bits per heavy atom. The SMILES string of the molecule is CC(C)Cc1nc(C2CCNCC2)nn1C. The van der Waals surface area contributed by atoms with Gasteiger partial charge in [0.05, 0.1) is 0 Å². The van der Waals surface area contributed by atoms with Crippen molar-refractivity contribution in [2.75, 3.05) is 13.1 Å². The van der Waals surface area contributed by atoms with Crippen molar-refractivity contribution in [1.29, 1.82) is 0 Å². The lowest BCUT2D eigenvalue weighted by Crippen LogP contribution is -2.27. The summed E-state index contributed by atoms with van der Waals surface area (Å²) in [6, 6.07) is 0. The van der Waals surface area contributed by atoms with Crippen molar-refractivity contribution < 1.29 is 0 Å². The van der Waals surface area contributed by atoms with Gasteiger partial charge in [-0.1, -0.05) is 13.8 Å². The summed E-state index contributed by atoms with van der Waals surface area (Å²) in [7, 11) is 2.01. The fourth-order valence-electron chi connectivity index (χ4n) is 2.23. The maximum absolute atomic E-state index is 4.70. The van der Waals surface area contributed by atoms with Crippen molar-refractivity contribution in [2.45, 2.75) is 39.0 Å². The lowest BCUT2D eigenvalue weighted by atomic mass is 9.98. The van der Waals surface area contributed by atoms with E-state index in [-0.39, 0.29) is 0 Å². The van der Waals surface area contributed by atoms with E-state index in [0.29, 0.717) is 11.8 Å². The van der Waals surface area contributed by atoms with Gasteiger partial charge in [0.25, 0.3) is 0 Å². The van der Waals surface area contributed by atoms with Crippen LogP contribution in [0.25, 0.3) is 0 Å². The Kier molecular flexibility index (Phi) is 3.59. The molecule has 0 saturated carbocycles. The van der Waals surface area contributed by atoms with E-state index in [1.807, 2.05) is 11.7 Å². The summed E-state index contributed by atoms with van der Waals surface area (Å²) >= 11 is 0. The Morgan fingerprint density at radius 2 is 2.06 bits per heavy atom. The third-order valence-corrected chi connectivity index (χ3v) is 3.16. The molecule has 1 fully saturated rings. The van der Waals surface area contributed by atoms with Crippen LogP contribution in [0.15, 0.2) is 0 Å². The van der Waals surface area contributed by atoms with Crippen LogP contribution in [0.5, 0.6) is 0 Å². The average molecular weight is 222 g/mol. The van der Waals surface area contributed by atoms with Crippen molar-refractivity contribution >= 4 is 0 Å². The Hall–Kier alpha value is -0.900. The molecule has 16 heavy (non-hydrogen) atoms. The maximum Gasteiger partial charge on any atom is 0.154 e. The van der Waals surface area contributed by atoms with Gasteiger partial charge in [0, 0.05) is 19.4 Å². The zero-order valence-corrected chi connectivity index (χ0v) is 10.5. The van der Waals surface area contributed by atoms with Crippen molar-refractivity contribution in [3.63, 3.8) is 0 Å². The summed E-state index contributed by atoms with van der Waals surface area (Å²) < 4.78 is 1.96. The van der Waals surface area contributed by atoms with Crippen LogP contribution in [0.3, 0.4) is 0 Å². The summed E-state index contributed by atoms with van der Waals surface area (Å²) in [6.07, 6.45) is 3.37. The molecule has 0 bridgehead atoms. The van der Waals surface area contributed by atoms with Gasteiger partial charge >= 0.3 is 0 Å².